The van der Waals surface area contributed by atoms with Crippen molar-refractivity contribution < 1.29 is 22.3 Å². The second-order valence-electron chi connectivity index (χ2n) is 8.30. The van der Waals surface area contributed by atoms with E-state index in [4.69, 9.17) is 4.74 Å². The van der Waals surface area contributed by atoms with Gasteiger partial charge in [-0.2, -0.15) is 4.31 Å². The molecule has 2 aliphatic rings. The Hall–Kier alpha value is -3.41. The van der Waals surface area contributed by atoms with Gasteiger partial charge in [-0.3, -0.25) is 0 Å². The van der Waals surface area contributed by atoms with E-state index < -0.39 is 28.0 Å². The monoisotopic (exact) mass is 497 g/mol. The molecule has 0 bridgehead atoms. The van der Waals surface area contributed by atoms with Crippen LogP contribution < -0.4 is 5.32 Å². The number of benzene rings is 2. The molecule has 0 saturated carbocycles. The van der Waals surface area contributed by atoms with Crippen molar-refractivity contribution in [2.24, 2.45) is 0 Å². The van der Waals surface area contributed by atoms with Crippen LogP contribution in [0.3, 0.4) is 0 Å². The van der Waals surface area contributed by atoms with Crippen LogP contribution in [-0.4, -0.2) is 71.8 Å². The van der Waals surface area contributed by atoms with Gasteiger partial charge >= 0.3 is 6.03 Å². The molecule has 3 aromatic rings. The molecule has 35 heavy (non-hydrogen) atoms. The summed E-state index contributed by atoms with van der Waals surface area (Å²) in [4.78, 5) is 22.9. The lowest BCUT2D eigenvalue weighted by atomic mass is 9.99. The molecule has 1 N–H and O–H groups in total. The highest BCUT2D eigenvalue weighted by molar-refractivity contribution is 7.89. The van der Waals surface area contributed by atoms with Crippen molar-refractivity contribution in [3.63, 3.8) is 0 Å². The first kappa shape index (κ1) is 23.3. The van der Waals surface area contributed by atoms with Gasteiger partial charge < -0.3 is 15.0 Å². The molecule has 2 unspecified atom stereocenters. The van der Waals surface area contributed by atoms with Gasteiger partial charge in [0.05, 0.1) is 23.7 Å². The van der Waals surface area contributed by atoms with Gasteiger partial charge in [-0.15, -0.1) is 0 Å². The van der Waals surface area contributed by atoms with Crippen LogP contribution in [0.4, 0.5) is 14.9 Å². The number of para-hydroxylation sites is 1. The summed E-state index contributed by atoms with van der Waals surface area (Å²) in [5.41, 5.74) is -0.517. The molecule has 2 amide bonds. The Labute approximate surface area is 202 Å². The fourth-order valence-electron chi connectivity index (χ4n) is 4.54. The summed E-state index contributed by atoms with van der Waals surface area (Å²) in [6.07, 6.45) is 1.50. The maximum Gasteiger partial charge on any atom is 0.321 e. The lowest BCUT2D eigenvalue weighted by Crippen LogP contribution is -2.63. The number of amides is 2. The van der Waals surface area contributed by atoms with E-state index in [1.165, 1.54) is 17.0 Å². The van der Waals surface area contributed by atoms with Gasteiger partial charge in [0.2, 0.25) is 10.0 Å². The Morgan fingerprint density at radius 1 is 1.03 bits per heavy atom. The molecule has 5 rings (SSSR count). The van der Waals surface area contributed by atoms with Crippen molar-refractivity contribution in [3.05, 3.63) is 73.1 Å². The number of nitrogens with zero attached hydrogens (tertiary/aromatic N) is 4. The average molecular weight is 498 g/mol. The van der Waals surface area contributed by atoms with Gasteiger partial charge in [-0.05, 0) is 30.3 Å². The number of hydrogen-bond donors (Lipinski definition) is 1. The van der Waals surface area contributed by atoms with E-state index in [1.807, 2.05) is 6.07 Å². The largest absolute Gasteiger partial charge is 0.355 e. The number of piperidine rings is 1. The third kappa shape index (κ3) is 4.26. The normalized spacial score (nSPS) is 22.9. The molecule has 1 spiro atoms. The van der Waals surface area contributed by atoms with Crippen LogP contribution in [0.1, 0.15) is 6.42 Å². The third-order valence-corrected chi connectivity index (χ3v) is 8.21. The van der Waals surface area contributed by atoms with Crippen molar-refractivity contribution in [2.45, 2.75) is 23.2 Å². The molecule has 2 atom stereocenters. The van der Waals surface area contributed by atoms with E-state index in [0.717, 1.165) is 4.31 Å². The number of rotatable bonds is 4. The Kier molecular flexibility index (Phi) is 6.22. The minimum Gasteiger partial charge on any atom is -0.355 e. The van der Waals surface area contributed by atoms with Crippen LogP contribution in [0.5, 0.6) is 0 Å². The molecule has 1 aromatic heterocycles. The van der Waals surface area contributed by atoms with Crippen LogP contribution >= 0.6 is 0 Å². The SMILES string of the molecule is O=C(Nc1ccccc1-c1ncccn1)N1CCC2(OCCN2S(=O)(=O)c2ccccc2)C(F)C1. The zero-order valence-electron chi connectivity index (χ0n) is 18.7. The summed E-state index contributed by atoms with van der Waals surface area (Å²) in [5.74, 6) is 0.450. The van der Waals surface area contributed by atoms with Gasteiger partial charge in [0.1, 0.15) is 0 Å². The van der Waals surface area contributed by atoms with E-state index in [0.29, 0.717) is 17.1 Å². The number of likely N-dealkylation sites (tertiary alicyclic amines) is 1. The number of hydrogen-bond acceptors (Lipinski definition) is 6. The molecule has 11 heteroatoms. The fourth-order valence-corrected chi connectivity index (χ4v) is 6.27. The number of nitrogens with one attached hydrogen (secondary N) is 1. The first-order valence-electron chi connectivity index (χ1n) is 11.2. The quantitative estimate of drug-likeness (QED) is 0.594. The first-order chi connectivity index (χ1) is 16.9. The highest BCUT2D eigenvalue weighted by atomic mass is 32.2. The van der Waals surface area contributed by atoms with E-state index in [1.54, 1.807) is 54.9 Å². The van der Waals surface area contributed by atoms with Gasteiger partial charge in [0.25, 0.3) is 0 Å². The number of anilines is 1. The topological polar surface area (TPSA) is 105 Å². The number of sulfonamides is 1. The van der Waals surface area contributed by atoms with Crippen LogP contribution in [0.2, 0.25) is 0 Å². The second kappa shape index (κ2) is 9.33. The highest BCUT2D eigenvalue weighted by Crippen LogP contribution is 2.40. The predicted octanol–water partition coefficient (Wildman–Crippen LogP) is 3.14. The molecule has 0 radical (unpaired) electrons. The van der Waals surface area contributed by atoms with Crippen molar-refractivity contribution in [1.82, 2.24) is 19.2 Å². The summed E-state index contributed by atoms with van der Waals surface area (Å²) >= 11 is 0. The number of carbonyl (C=O) groups is 1. The molecular weight excluding hydrogens is 473 g/mol. The van der Waals surface area contributed by atoms with Crippen LogP contribution in [0.15, 0.2) is 78.0 Å². The van der Waals surface area contributed by atoms with E-state index in [2.05, 4.69) is 15.3 Å². The number of carbonyl (C=O) groups excluding carboxylic acids is 1. The zero-order chi connectivity index (χ0) is 24.5. The van der Waals surface area contributed by atoms with Crippen molar-refractivity contribution >= 4 is 21.7 Å². The predicted molar refractivity (Wildman–Crippen MR) is 127 cm³/mol. The lowest BCUT2D eigenvalue weighted by molar-refractivity contribution is -0.134. The second-order valence-corrected chi connectivity index (χ2v) is 10.2. The number of ether oxygens (including phenoxy) is 1. The summed E-state index contributed by atoms with van der Waals surface area (Å²) in [6, 6.07) is 16.2. The Bertz CT molecular complexity index is 1310. The van der Waals surface area contributed by atoms with Gasteiger partial charge in [0, 0.05) is 37.5 Å². The summed E-state index contributed by atoms with van der Waals surface area (Å²) in [6.45, 7) is -0.0505. The molecule has 2 fully saturated rings. The number of halogens is 1. The molecule has 182 valence electrons. The minimum atomic E-state index is -3.97. The Morgan fingerprint density at radius 2 is 1.74 bits per heavy atom. The smallest absolute Gasteiger partial charge is 0.321 e. The van der Waals surface area contributed by atoms with Crippen LogP contribution in [-0.2, 0) is 14.8 Å². The maximum atomic E-state index is 15.7. The summed E-state index contributed by atoms with van der Waals surface area (Å²) < 4.78 is 49.0. The van der Waals surface area contributed by atoms with E-state index in [-0.39, 0.29) is 37.6 Å². The maximum absolute atomic E-state index is 15.7. The molecule has 0 aliphatic carbocycles. The summed E-state index contributed by atoms with van der Waals surface area (Å²) in [5, 5.41) is 2.81. The van der Waals surface area contributed by atoms with Gasteiger partial charge in [0.15, 0.2) is 17.7 Å². The van der Waals surface area contributed by atoms with Crippen molar-refractivity contribution in [2.75, 3.05) is 31.6 Å². The summed E-state index contributed by atoms with van der Waals surface area (Å²) in [7, 11) is -3.97. The van der Waals surface area contributed by atoms with Crippen molar-refractivity contribution in [3.8, 4) is 11.4 Å². The molecule has 2 aromatic carbocycles. The minimum absolute atomic E-state index is 0.0110. The number of alkyl halides is 1. The van der Waals surface area contributed by atoms with Crippen molar-refractivity contribution in [1.29, 1.82) is 0 Å². The fraction of sp³-hybridized carbons (Fsp3) is 0.292. The molecule has 3 heterocycles. The molecule has 2 aliphatic heterocycles. The third-order valence-electron chi connectivity index (χ3n) is 6.27. The number of urea groups is 1. The van der Waals surface area contributed by atoms with E-state index >= 15 is 4.39 Å². The lowest BCUT2D eigenvalue weighted by Gasteiger charge is -2.44. The molecular formula is C24H24FN5O4S. The van der Waals surface area contributed by atoms with E-state index in [9.17, 15) is 13.2 Å². The first-order valence-corrected chi connectivity index (χ1v) is 12.6. The Balaban J connectivity index is 1.33. The Morgan fingerprint density at radius 3 is 2.49 bits per heavy atom. The van der Waals surface area contributed by atoms with Crippen LogP contribution in [0, 0.1) is 0 Å². The molecule has 9 nitrogen and oxygen atoms in total. The average Bonchev–Trinajstić information content (AvgIpc) is 3.33. The molecule has 2 saturated heterocycles. The standard InChI is InChI=1S/C24H24FN5O4S/c25-21-17-29(23(31)28-20-10-5-4-9-19(20)22-26-12-6-13-27-22)14-11-24(21)30(15-16-34-24)35(32,33)18-7-2-1-3-8-18/h1-10,12-13,21H,11,14-17H2,(H,28,31). The number of aromatic nitrogens is 2. The van der Waals surface area contributed by atoms with Crippen LogP contribution in [0.25, 0.3) is 11.4 Å². The van der Waals surface area contributed by atoms with Gasteiger partial charge in [-0.25, -0.2) is 27.6 Å². The van der Waals surface area contributed by atoms with Gasteiger partial charge in [-0.1, -0.05) is 30.3 Å². The highest BCUT2D eigenvalue weighted by Gasteiger charge is 2.57. The zero-order valence-corrected chi connectivity index (χ0v) is 19.6.